The summed E-state index contributed by atoms with van der Waals surface area (Å²) >= 11 is 0. The number of para-hydroxylation sites is 1. The van der Waals surface area contributed by atoms with Crippen molar-refractivity contribution in [3.63, 3.8) is 0 Å². The number of benzene rings is 2. The molecule has 0 radical (unpaired) electrons. The molecule has 0 aliphatic carbocycles. The number of rotatable bonds is 8. The summed E-state index contributed by atoms with van der Waals surface area (Å²) in [5, 5.41) is 4.05. The van der Waals surface area contributed by atoms with Gasteiger partial charge in [-0.1, -0.05) is 48.5 Å². The zero-order valence-electron chi connectivity index (χ0n) is 19.9. The predicted octanol–water partition coefficient (Wildman–Crippen LogP) is 2.12. The second-order valence-corrected chi connectivity index (χ2v) is 10.7. The minimum Gasteiger partial charge on any atom is -0.496 e. The second-order valence-electron chi connectivity index (χ2n) is 8.90. The molecule has 2 saturated heterocycles. The minimum absolute atomic E-state index is 0.111. The Bertz CT molecular complexity index is 1210. The molecule has 2 aromatic carbocycles. The number of piperazine rings is 1. The largest absolute Gasteiger partial charge is 0.496 e. The van der Waals surface area contributed by atoms with E-state index in [1.807, 2.05) is 59.5 Å². The van der Waals surface area contributed by atoms with Crippen LogP contribution in [-0.4, -0.2) is 80.0 Å². The number of ether oxygens (including phenoxy) is 1. The van der Waals surface area contributed by atoms with E-state index < -0.39 is 21.6 Å². The van der Waals surface area contributed by atoms with Crippen molar-refractivity contribution in [2.24, 2.45) is 0 Å². The van der Waals surface area contributed by atoms with Crippen molar-refractivity contribution >= 4 is 28.0 Å². The minimum atomic E-state index is -3.56. The van der Waals surface area contributed by atoms with Gasteiger partial charge in [-0.3, -0.25) is 9.69 Å². The second kappa shape index (κ2) is 10.2. The molecular weight excluding hydrogens is 468 g/mol. The number of hydrogen-bond donors (Lipinski definition) is 1. The molecule has 1 N–H and O–H groups in total. The molecule has 35 heavy (non-hydrogen) atoms. The maximum absolute atomic E-state index is 13.2. The lowest BCUT2D eigenvalue weighted by molar-refractivity contribution is -0.132. The van der Waals surface area contributed by atoms with Gasteiger partial charge in [-0.2, -0.15) is 4.31 Å². The van der Waals surface area contributed by atoms with Gasteiger partial charge in [0.15, 0.2) is 0 Å². The molecule has 186 valence electrons. The first kappa shape index (κ1) is 24.9. The first-order valence-corrected chi connectivity index (χ1v) is 12.9. The third-order valence-electron chi connectivity index (χ3n) is 6.35. The molecule has 2 aliphatic heterocycles. The highest BCUT2D eigenvalue weighted by Crippen LogP contribution is 2.27. The molecule has 0 aromatic heterocycles. The van der Waals surface area contributed by atoms with E-state index in [0.717, 1.165) is 11.1 Å². The molecule has 4 rings (SSSR count). The average molecular weight is 499 g/mol. The maximum atomic E-state index is 13.2. The van der Waals surface area contributed by atoms with Gasteiger partial charge in [-0.05, 0) is 30.2 Å². The molecule has 1 atom stereocenters. The van der Waals surface area contributed by atoms with E-state index in [9.17, 15) is 18.0 Å². The van der Waals surface area contributed by atoms with Crippen LogP contribution < -0.4 is 10.1 Å². The summed E-state index contributed by atoms with van der Waals surface area (Å²) in [5.41, 5.74) is 0.555. The molecule has 10 heteroatoms. The van der Waals surface area contributed by atoms with Gasteiger partial charge in [0.1, 0.15) is 11.3 Å². The van der Waals surface area contributed by atoms with Crippen LogP contribution in [0.4, 0.5) is 4.79 Å². The van der Waals surface area contributed by atoms with Crippen LogP contribution in [0.15, 0.2) is 60.0 Å². The number of carbonyl (C=O) groups excluding carboxylic acids is 2. The topological polar surface area (TPSA) is 99.3 Å². The predicted molar refractivity (Wildman–Crippen MR) is 133 cm³/mol. The van der Waals surface area contributed by atoms with Crippen LogP contribution in [0.1, 0.15) is 18.1 Å². The van der Waals surface area contributed by atoms with Gasteiger partial charge < -0.3 is 10.1 Å². The van der Waals surface area contributed by atoms with Gasteiger partial charge >= 0.3 is 6.03 Å². The molecule has 0 spiro atoms. The first-order valence-electron chi connectivity index (χ1n) is 11.4. The average Bonchev–Trinajstić information content (AvgIpc) is 3.07. The lowest BCUT2D eigenvalue weighted by atomic mass is 9.92. The van der Waals surface area contributed by atoms with E-state index in [-0.39, 0.29) is 25.7 Å². The van der Waals surface area contributed by atoms with Crippen LogP contribution in [0.5, 0.6) is 5.75 Å². The van der Waals surface area contributed by atoms with Crippen LogP contribution in [0.2, 0.25) is 0 Å². The molecule has 3 amide bonds. The quantitative estimate of drug-likeness (QED) is 0.560. The number of carbonyl (C=O) groups is 2. The summed E-state index contributed by atoms with van der Waals surface area (Å²) in [6, 6.07) is 16.2. The third-order valence-corrected chi connectivity index (χ3v) is 7.91. The van der Waals surface area contributed by atoms with E-state index in [4.69, 9.17) is 4.74 Å². The Morgan fingerprint density at radius 2 is 1.66 bits per heavy atom. The lowest BCUT2D eigenvalue weighted by Gasteiger charge is -2.34. The normalized spacial score (nSPS) is 22.1. The Morgan fingerprint density at radius 3 is 2.34 bits per heavy atom. The number of methoxy groups -OCH3 is 1. The molecule has 0 saturated carbocycles. The number of urea groups is 1. The third kappa shape index (κ3) is 5.55. The fourth-order valence-electron chi connectivity index (χ4n) is 4.37. The molecule has 2 heterocycles. The monoisotopic (exact) mass is 498 g/mol. The van der Waals surface area contributed by atoms with Gasteiger partial charge in [-0.15, -0.1) is 0 Å². The standard InChI is InChI=1S/C25H30N4O5S/c1-25(18-21-10-6-7-11-22(21)34-2)23(30)29(24(31)26-25)19-27-13-15-28(16-14-27)35(32,33)17-12-20-8-4-3-5-9-20/h3-12,17H,13-16,18-19H2,1-2H3,(H,26,31). The summed E-state index contributed by atoms with van der Waals surface area (Å²) in [5.74, 6) is 0.349. The van der Waals surface area contributed by atoms with E-state index in [1.165, 1.54) is 14.6 Å². The van der Waals surface area contributed by atoms with Crippen molar-refractivity contribution in [1.82, 2.24) is 19.4 Å². The Morgan fingerprint density at radius 1 is 1.00 bits per heavy atom. The fraction of sp³-hybridized carbons (Fsp3) is 0.360. The van der Waals surface area contributed by atoms with Crippen molar-refractivity contribution in [3.8, 4) is 5.75 Å². The Labute approximate surface area is 206 Å². The van der Waals surface area contributed by atoms with Crippen molar-refractivity contribution in [3.05, 3.63) is 71.1 Å². The molecule has 2 fully saturated rings. The lowest BCUT2D eigenvalue weighted by Crippen LogP contribution is -2.52. The summed E-state index contributed by atoms with van der Waals surface area (Å²) in [7, 11) is -1.99. The van der Waals surface area contributed by atoms with E-state index in [1.54, 1.807) is 20.1 Å². The number of amides is 3. The highest BCUT2D eigenvalue weighted by Gasteiger charge is 2.48. The molecule has 9 nitrogen and oxygen atoms in total. The van der Waals surface area contributed by atoms with E-state index >= 15 is 0 Å². The van der Waals surface area contributed by atoms with Crippen molar-refractivity contribution in [1.29, 1.82) is 0 Å². The molecular formula is C25H30N4O5S. The van der Waals surface area contributed by atoms with E-state index in [2.05, 4.69) is 5.32 Å². The van der Waals surface area contributed by atoms with Crippen LogP contribution in [0.3, 0.4) is 0 Å². The van der Waals surface area contributed by atoms with Crippen LogP contribution >= 0.6 is 0 Å². The van der Waals surface area contributed by atoms with Gasteiger partial charge in [0.25, 0.3) is 5.91 Å². The van der Waals surface area contributed by atoms with Gasteiger partial charge in [-0.25, -0.2) is 18.1 Å². The van der Waals surface area contributed by atoms with Crippen molar-refractivity contribution in [2.75, 3.05) is 40.0 Å². The zero-order valence-corrected chi connectivity index (χ0v) is 20.7. The number of sulfonamides is 1. The number of nitrogens with zero attached hydrogens (tertiary/aromatic N) is 3. The number of nitrogens with one attached hydrogen (secondary N) is 1. The number of hydrogen-bond acceptors (Lipinski definition) is 6. The summed E-state index contributed by atoms with van der Waals surface area (Å²) < 4.78 is 32.2. The first-order chi connectivity index (χ1) is 16.7. The summed E-state index contributed by atoms with van der Waals surface area (Å²) in [4.78, 5) is 29.0. The fourth-order valence-corrected chi connectivity index (χ4v) is 5.54. The highest BCUT2D eigenvalue weighted by molar-refractivity contribution is 7.92. The molecule has 2 aromatic rings. The summed E-state index contributed by atoms with van der Waals surface area (Å²) in [6.07, 6.45) is 1.88. The van der Waals surface area contributed by atoms with Crippen LogP contribution in [0, 0.1) is 0 Å². The Kier molecular flexibility index (Phi) is 7.25. The van der Waals surface area contributed by atoms with Crippen LogP contribution in [0.25, 0.3) is 6.08 Å². The Hall–Kier alpha value is -3.21. The Balaban J connectivity index is 1.35. The van der Waals surface area contributed by atoms with Gasteiger partial charge in [0.2, 0.25) is 10.0 Å². The SMILES string of the molecule is COc1ccccc1CC1(C)NC(=O)N(CN2CCN(S(=O)(=O)C=Cc3ccccc3)CC2)C1=O. The maximum Gasteiger partial charge on any atom is 0.326 e. The summed E-state index contributed by atoms with van der Waals surface area (Å²) in [6.45, 7) is 3.22. The van der Waals surface area contributed by atoms with Crippen molar-refractivity contribution < 1.29 is 22.7 Å². The zero-order chi connectivity index (χ0) is 25.1. The van der Waals surface area contributed by atoms with Crippen molar-refractivity contribution in [2.45, 2.75) is 18.9 Å². The van der Waals surface area contributed by atoms with E-state index in [0.29, 0.717) is 25.3 Å². The van der Waals surface area contributed by atoms with Crippen LogP contribution in [-0.2, 0) is 21.2 Å². The van der Waals surface area contributed by atoms with Gasteiger partial charge in [0, 0.05) is 38.0 Å². The van der Waals surface area contributed by atoms with Gasteiger partial charge in [0.05, 0.1) is 13.8 Å². The molecule has 2 aliphatic rings. The highest BCUT2D eigenvalue weighted by atomic mass is 32.2. The number of imide groups is 1. The molecule has 0 bridgehead atoms. The smallest absolute Gasteiger partial charge is 0.326 e. The molecule has 1 unspecified atom stereocenters.